The van der Waals surface area contributed by atoms with Gasteiger partial charge in [-0.1, -0.05) is 63.3 Å². The van der Waals surface area contributed by atoms with Crippen LogP contribution in [-0.2, 0) is 9.53 Å². The number of unbranched alkanes of at least 4 members (excludes halogenated alkanes) is 8. The molecule has 0 N–H and O–H groups in total. The molecule has 1 aliphatic heterocycles. The number of rotatable bonds is 17. The molecule has 3 nitrogen and oxygen atoms in total. The zero-order valence-corrected chi connectivity index (χ0v) is 18.4. The van der Waals surface area contributed by atoms with Gasteiger partial charge in [-0.2, -0.15) is 0 Å². The first kappa shape index (κ1) is 24.9. The maximum Gasteiger partial charge on any atom is 0.306 e. The highest BCUT2D eigenvalue weighted by atomic mass is 16.5. The molecule has 28 heavy (non-hydrogen) atoms. The number of esters is 1. The molecule has 1 fully saturated rings. The molecule has 0 aliphatic carbocycles. The van der Waals surface area contributed by atoms with Crippen LogP contribution in [0.3, 0.4) is 0 Å². The monoisotopic (exact) mass is 390 g/mol. The van der Waals surface area contributed by atoms with Gasteiger partial charge in [0.05, 0.1) is 0 Å². The Kier molecular flexibility index (Phi) is 16.0. The van der Waals surface area contributed by atoms with Crippen molar-refractivity contribution in [3.63, 3.8) is 0 Å². The number of carbonyl (C=O) groups excluding carboxylic acids is 1. The van der Waals surface area contributed by atoms with E-state index in [1.54, 1.807) is 0 Å². The molecule has 0 bridgehead atoms. The minimum absolute atomic E-state index is 0.0788. The van der Waals surface area contributed by atoms with Crippen molar-refractivity contribution in [2.75, 3.05) is 19.6 Å². The second-order valence-corrected chi connectivity index (χ2v) is 8.10. The average Bonchev–Trinajstić information content (AvgIpc) is 3.17. The van der Waals surface area contributed by atoms with Gasteiger partial charge < -0.3 is 4.74 Å². The van der Waals surface area contributed by atoms with Gasteiger partial charge in [0.2, 0.25) is 0 Å². The van der Waals surface area contributed by atoms with Gasteiger partial charge in [0.1, 0.15) is 6.10 Å². The molecule has 0 aromatic carbocycles. The van der Waals surface area contributed by atoms with E-state index in [9.17, 15) is 4.79 Å². The maximum absolute atomic E-state index is 11.9. The topological polar surface area (TPSA) is 29.5 Å². The maximum atomic E-state index is 11.9. The summed E-state index contributed by atoms with van der Waals surface area (Å²) in [6.45, 7) is 9.24. The van der Waals surface area contributed by atoms with Gasteiger partial charge >= 0.3 is 5.97 Å². The second-order valence-electron chi connectivity index (χ2n) is 8.10. The Hall–Kier alpha value is -1.09. The Labute approximate surface area is 174 Å². The average molecular weight is 391 g/mol. The summed E-state index contributed by atoms with van der Waals surface area (Å²) in [6.07, 6.45) is 25.2. The van der Waals surface area contributed by atoms with Crippen LogP contribution >= 0.6 is 0 Å². The van der Waals surface area contributed by atoms with Gasteiger partial charge in [-0.05, 0) is 71.4 Å². The van der Waals surface area contributed by atoms with E-state index < -0.39 is 0 Å². The molecule has 1 heterocycles. The Morgan fingerprint density at radius 3 is 2.21 bits per heavy atom. The molecule has 0 saturated carbocycles. The van der Waals surface area contributed by atoms with Crippen LogP contribution in [0, 0.1) is 6.92 Å². The van der Waals surface area contributed by atoms with Crippen molar-refractivity contribution in [2.45, 2.75) is 103 Å². The van der Waals surface area contributed by atoms with Crippen molar-refractivity contribution in [3.8, 4) is 0 Å². The summed E-state index contributed by atoms with van der Waals surface area (Å²) in [5.74, 6) is -0.0788. The van der Waals surface area contributed by atoms with E-state index in [0.717, 1.165) is 38.9 Å². The summed E-state index contributed by atoms with van der Waals surface area (Å²) in [7, 11) is 0. The minimum Gasteiger partial charge on any atom is -0.461 e. The van der Waals surface area contributed by atoms with Gasteiger partial charge in [-0.15, -0.1) is 0 Å². The lowest BCUT2D eigenvalue weighted by atomic mass is 10.1. The van der Waals surface area contributed by atoms with E-state index in [1.807, 2.05) is 0 Å². The fraction of sp³-hybridized carbons (Fsp3) is 0.760. The number of likely N-dealkylation sites (tertiary alicyclic amines) is 1. The summed E-state index contributed by atoms with van der Waals surface area (Å²) in [6, 6.07) is 0. The normalized spacial score (nSPS) is 16.4. The fourth-order valence-corrected chi connectivity index (χ4v) is 3.62. The van der Waals surface area contributed by atoms with Crippen molar-refractivity contribution < 1.29 is 9.53 Å². The van der Waals surface area contributed by atoms with Crippen molar-refractivity contribution in [2.24, 2.45) is 0 Å². The molecular formula is C25H44NO2. The summed E-state index contributed by atoms with van der Waals surface area (Å²) < 4.78 is 5.43. The quantitative estimate of drug-likeness (QED) is 0.158. The molecule has 3 heteroatoms. The first-order chi connectivity index (χ1) is 13.7. The van der Waals surface area contributed by atoms with E-state index in [2.05, 4.69) is 43.1 Å². The van der Waals surface area contributed by atoms with Crippen LogP contribution in [-0.4, -0.2) is 36.6 Å². The van der Waals surface area contributed by atoms with Gasteiger partial charge in [0.15, 0.2) is 0 Å². The van der Waals surface area contributed by atoms with Crippen LogP contribution < -0.4 is 0 Å². The predicted molar refractivity (Wildman–Crippen MR) is 120 cm³/mol. The number of allylic oxidation sites excluding steroid dienone is 4. The van der Waals surface area contributed by atoms with Gasteiger partial charge in [-0.25, -0.2) is 0 Å². The van der Waals surface area contributed by atoms with E-state index in [-0.39, 0.29) is 12.1 Å². The number of hydrogen-bond acceptors (Lipinski definition) is 3. The SMILES string of the molecule is [CH2]C(CN1CCCC1)OC(=O)CCCCCCC/C=C\C/C=C\CCCCC. The molecule has 1 saturated heterocycles. The molecule has 1 rings (SSSR count). The highest BCUT2D eigenvalue weighted by molar-refractivity contribution is 5.69. The van der Waals surface area contributed by atoms with Crippen molar-refractivity contribution in [1.29, 1.82) is 0 Å². The van der Waals surface area contributed by atoms with Gasteiger partial charge in [-0.3, -0.25) is 9.69 Å². The number of hydrogen-bond donors (Lipinski definition) is 0. The molecule has 0 amide bonds. The van der Waals surface area contributed by atoms with Crippen LogP contribution in [0.15, 0.2) is 24.3 Å². The third-order valence-electron chi connectivity index (χ3n) is 5.29. The Balaban J connectivity index is 1.85. The summed E-state index contributed by atoms with van der Waals surface area (Å²) in [5.41, 5.74) is 0. The Bertz CT molecular complexity index is 424. The first-order valence-corrected chi connectivity index (χ1v) is 11.8. The lowest BCUT2D eigenvalue weighted by molar-refractivity contribution is -0.147. The smallest absolute Gasteiger partial charge is 0.306 e. The summed E-state index contributed by atoms with van der Waals surface area (Å²) >= 11 is 0. The molecule has 1 atom stereocenters. The molecule has 0 aromatic rings. The van der Waals surface area contributed by atoms with Crippen molar-refractivity contribution in [1.82, 2.24) is 4.90 Å². The molecule has 0 spiro atoms. The van der Waals surface area contributed by atoms with Gasteiger partial charge in [0.25, 0.3) is 0 Å². The number of carbonyl (C=O) groups is 1. The lowest BCUT2D eigenvalue weighted by Crippen LogP contribution is -2.31. The minimum atomic E-state index is -0.219. The summed E-state index contributed by atoms with van der Waals surface area (Å²) in [5, 5.41) is 0. The third-order valence-corrected chi connectivity index (χ3v) is 5.29. The van der Waals surface area contributed by atoms with E-state index in [1.165, 1.54) is 64.2 Å². The third kappa shape index (κ3) is 14.9. The van der Waals surface area contributed by atoms with E-state index in [0.29, 0.717) is 6.42 Å². The molecule has 1 aliphatic rings. The van der Waals surface area contributed by atoms with Crippen molar-refractivity contribution >= 4 is 5.97 Å². The van der Waals surface area contributed by atoms with E-state index in [4.69, 9.17) is 4.74 Å². The summed E-state index contributed by atoms with van der Waals surface area (Å²) in [4.78, 5) is 14.2. The van der Waals surface area contributed by atoms with Gasteiger partial charge in [0, 0.05) is 13.0 Å². The molecule has 161 valence electrons. The first-order valence-electron chi connectivity index (χ1n) is 11.8. The zero-order chi connectivity index (χ0) is 20.3. The molecular weight excluding hydrogens is 346 g/mol. The predicted octanol–water partition coefficient (Wildman–Crippen LogP) is 6.64. The molecule has 1 radical (unpaired) electrons. The second kappa shape index (κ2) is 18.0. The van der Waals surface area contributed by atoms with Crippen LogP contribution in [0.2, 0.25) is 0 Å². The molecule has 0 aromatic heterocycles. The Morgan fingerprint density at radius 2 is 1.54 bits per heavy atom. The van der Waals surface area contributed by atoms with Crippen LogP contribution in [0.1, 0.15) is 96.8 Å². The largest absolute Gasteiger partial charge is 0.461 e. The van der Waals surface area contributed by atoms with Crippen molar-refractivity contribution in [3.05, 3.63) is 31.2 Å². The number of ether oxygens (including phenoxy) is 1. The van der Waals surface area contributed by atoms with Crippen LogP contribution in [0.4, 0.5) is 0 Å². The van der Waals surface area contributed by atoms with Crippen LogP contribution in [0.25, 0.3) is 0 Å². The van der Waals surface area contributed by atoms with E-state index >= 15 is 0 Å². The fourth-order valence-electron chi connectivity index (χ4n) is 3.62. The lowest BCUT2D eigenvalue weighted by Gasteiger charge is -2.20. The highest BCUT2D eigenvalue weighted by Gasteiger charge is 2.17. The number of nitrogens with zero attached hydrogens (tertiary/aromatic N) is 1. The molecule has 1 unspecified atom stereocenters. The zero-order valence-electron chi connectivity index (χ0n) is 18.4. The highest BCUT2D eigenvalue weighted by Crippen LogP contribution is 2.11. The standard InChI is InChI=1S/C25H44NO2/c1-3-4-5-6-7-8-9-10-11-12-13-14-15-16-17-20-25(27)28-24(2)23-26-21-18-19-22-26/h7-8,10-11,24H,2-6,9,12-23H2,1H3/b8-7-,11-10-. The Morgan fingerprint density at radius 1 is 0.929 bits per heavy atom. The van der Waals surface area contributed by atoms with Crippen LogP contribution in [0.5, 0.6) is 0 Å².